The first kappa shape index (κ1) is 13.2. The van der Waals surface area contributed by atoms with Crippen LogP contribution in [0.1, 0.15) is 36.2 Å². The Balaban J connectivity index is 2.14. The van der Waals surface area contributed by atoms with Crippen molar-refractivity contribution in [2.45, 2.75) is 25.7 Å². The fraction of sp³-hybridized carbons (Fsp3) is 0.462. The Morgan fingerprint density at radius 3 is 2.60 bits per heavy atom. The SMILES string of the molecule is O=C(O)c1cc(N2CCCCCC2)n2ncc(Cl)c2n1. The van der Waals surface area contributed by atoms with Gasteiger partial charge in [-0.05, 0) is 12.8 Å². The van der Waals surface area contributed by atoms with Gasteiger partial charge in [0.25, 0.3) is 0 Å². The van der Waals surface area contributed by atoms with Gasteiger partial charge >= 0.3 is 5.97 Å². The molecule has 2 aromatic rings. The molecule has 0 atom stereocenters. The van der Waals surface area contributed by atoms with E-state index in [1.54, 1.807) is 10.6 Å². The van der Waals surface area contributed by atoms with Crippen molar-refractivity contribution >= 4 is 29.0 Å². The zero-order valence-electron chi connectivity index (χ0n) is 10.9. The monoisotopic (exact) mass is 294 g/mol. The lowest BCUT2D eigenvalue weighted by molar-refractivity contribution is 0.0690. The molecule has 7 heteroatoms. The molecule has 1 aliphatic rings. The van der Waals surface area contributed by atoms with E-state index in [0.29, 0.717) is 10.7 Å². The average Bonchev–Trinajstić information content (AvgIpc) is 2.67. The number of hydrogen-bond acceptors (Lipinski definition) is 4. The number of anilines is 1. The predicted octanol–water partition coefficient (Wildman–Crippen LogP) is 2.46. The maximum atomic E-state index is 11.2. The zero-order valence-corrected chi connectivity index (χ0v) is 11.7. The summed E-state index contributed by atoms with van der Waals surface area (Å²) in [5.41, 5.74) is 0.393. The van der Waals surface area contributed by atoms with Gasteiger partial charge in [0, 0.05) is 19.2 Å². The molecule has 106 valence electrons. The molecule has 0 bridgehead atoms. The molecule has 0 spiro atoms. The summed E-state index contributed by atoms with van der Waals surface area (Å²) in [6, 6.07) is 1.57. The van der Waals surface area contributed by atoms with Crippen LogP contribution in [-0.4, -0.2) is 38.8 Å². The predicted molar refractivity (Wildman–Crippen MR) is 75.6 cm³/mol. The fourth-order valence-corrected chi connectivity index (χ4v) is 2.72. The van der Waals surface area contributed by atoms with Crippen molar-refractivity contribution in [3.8, 4) is 0 Å². The quantitative estimate of drug-likeness (QED) is 0.921. The van der Waals surface area contributed by atoms with Gasteiger partial charge in [-0.1, -0.05) is 24.4 Å². The second kappa shape index (κ2) is 5.28. The zero-order chi connectivity index (χ0) is 14.1. The highest BCUT2D eigenvalue weighted by atomic mass is 35.5. The minimum Gasteiger partial charge on any atom is -0.477 e. The number of carbonyl (C=O) groups is 1. The maximum absolute atomic E-state index is 11.2. The molecular weight excluding hydrogens is 280 g/mol. The Bertz CT molecular complexity index is 647. The van der Waals surface area contributed by atoms with Gasteiger partial charge in [0.2, 0.25) is 0 Å². The number of aromatic carboxylic acids is 1. The molecule has 6 nitrogen and oxygen atoms in total. The van der Waals surface area contributed by atoms with E-state index in [1.165, 1.54) is 19.0 Å². The van der Waals surface area contributed by atoms with Crippen LogP contribution >= 0.6 is 11.6 Å². The highest BCUT2D eigenvalue weighted by Gasteiger charge is 2.19. The summed E-state index contributed by atoms with van der Waals surface area (Å²) < 4.78 is 1.63. The largest absolute Gasteiger partial charge is 0.477 e. The van der Waals surface area contributed by atoms with E-state index in [2.05, 4.69) is 15.0 Å². The molecule has 0 unspecified atom stereocenters. The normalized spacial score (nSPS) is 16.4. The number of hydrogen-bond donors (Lipinski definition) is 1. The topological polar surface area (TPSA) is 70.7 Å². The first-order valence-electron chi connectivity index (χ1n) is 6.69. The third kappa shape index (κ3) is 2.31. The van der Waals surface area contributed by atoms with Crippen molar-refractivity contribution < 1.29 is 9.90 Å². The van der Waals surface area contributed by atoms with Gasteiger partial charge in [0.1, 0.15) is 10.8 Å². The average molecular weight is 295 g/mol. The second-order valence-corrected chi connectivity index (χ2v) is 5.34. The molecular formula is C13H15ClN4O2. The lowest BCUT2D eigenvalue weighted by atomic mass is 10.2. The lowest BCUT2D eigenvalue weighted by Crippen LogP contribution is -2.27. The summed E-state index contributed by atoms with van der Waals surface area (Å²) >= 11 is 6.04. The summed E-state index contributed by atoms with van der Waals surface area (Å²) in [6.45, 7) is 1.80. The van der Waals surface area contributed by atoms with Gasteiger partial charge in [0.05, 0.1) is 6.20 Å². The van der Waals surface area contributed by atoms with E-state index in [9.17, 15) is 9.90 Å². The number of fused-ring (bicyclic) bond motifs is 1. The number of aromatic nitrogens is 3. The van der Waals surface area contributed by atoms with Crippen molar-refractivity contribution in [2.24, 2.45) is 0 Å². The van der Waals surface area contributed by atoms with E-state index in [0.717, 1.165) is 31.7 Å². The molecule has 1 aliphatic heterocycles. The van der Waals surface area contributed by atoms with Crippen LogP contribution in [0.25, 0.3) is 5.65 Å². The second-order valence-electron chi connectivity index (χ2n) is 4.93. The highest BCUT2D eigenvalue weighted by molar-refractivity contribution is 6.33. The van der Waals surface area contributed by atoms with E-state index in [-0.39, 0.29) is 5.69 Å². The summed E-state index contributed by atoms with van der Waals surface area (Å²) in [7, 11) is 0. The van der Waals surface area contributed by atoms with Crippen LogP contribution in [0.5, 0.6) is 0 Å². The summed E-state index contributed by atoms with van der Waals surface area (Å²) in [4.78, 5) is 17.4. The first-order chi connectivity index (χ1) is 9.66. The summed E-state index contributed by atoms with van der Waals surface area (Å²) in [5.74, 6) is -0.304. The minimum absolute atomic E-state index is 0.000790. The number of carboxylic acids is 1. The highest BCUT2D eigenvalue weighted by Crippen LogP contribution is 2.24. The van der Waals surface area contributed by atoms with Crippen LogP contribution < -0.4 is 4.90 Å². The Morgan fingerprint density at radius 2 is 1.95 bits per heavy atom. The molecule has 2 aromatic heterocycles. The molecule has 20 heavy (non-hydrogen) atoms. The van der Waals surface area contributed by atoms with Crippen molar-refractivity contribution in [1.82, 2.24) is 14.6 Å². The van der Waals surface area contributed by atoms with E-state index < -0.39 is 5.97 Å². The fourth-order valence-electron chi connectivity index (χ4n) is 2.55. The van der Waals surface area contributed by atoms with Crippen LogP contribution in [0.4, 0.5) is 5.82 Å². The number of carboxylic acid groups (broad SMARTS) is 1. The van der Waals surface area contributed by atoms with E-state index in [1.807, 2.05) is 0 Å². The van der Waals surface area contributed by atoms with Gasteiger partial charge in [-0.2, -0.15) is 9.61 Å². The van der Waals surface area contributed by atoms with Crippen molar-refractivity contribution in [2.75, 3.05) is 18.0 Å². The van der Waals surface area contributed by atoms with Gasteiger partial charge in [-0.3, -0.25) is 0 Å². The van der Waals surface area contributed by atoms with Gasteiger partial charge in [-0.15, -0.1) is 0 Å². The number of halogens is 1. The van der Waals surface area contributed by atoms with Crippen LogP contribution in [0.3, 0.4) is 0 Å². The first-order valence-corrected chi connectivity index (χ1v) is 7.07. The molecule has 0 amide bonds. The maximum Gasteiger partial charge on any atom is 0.354 e. The van der Waals surface area contributed by atoms with Gasteiger partial charge < -0.3 is 10.0 Å². The molecule has 0 aromatic carbocycles. The summed E-state index contributed by atoms with van der Waals surface area (Å²) in [5, 5.41) is 13.8. The lowest BCUT2D eigenvalue weighted by Gasteiger charge is -2.23. The Hall–Kier alpha value is -1.82. The summed E-state index contributed by atoms with van der Waals surface area (Å²) in [6.07, 6.45) is 6.10. The van der Waals surface area contributed by atoms with Crippen LogP contribution in [0.15, 0.2) is 12.3 Å². The van der Waals surface area contributed by atoms with Crippen molar-refractivity contribution in [1.29, 1.82) is 0 Å². The van der Waals surface area contributed by atoms with Crippen LogP contribution in [0, 0.1) is 0 Å². The van der Waals surface area contributed by atoms with Gasteiger partial charge in [-0.25, -0.2) is 9.78 Å². The molecule has 0 aliphatic carbocycles. The standard InChI is InChI=1S/C13H15ClN4O2/c14-9-8-15-18-11(17-5-3-1-2-4-6-17)7-10(13(19)20)16-12(9)18/h7-8H,1-6H2,(H,19,20). The third-order valence-electron chi connectivity index (χ3n) is 3.56. The number of nitrogens with zero attached hydrogens (tertiary/aromatic N) is 4. The molecule has 0 radical (unpaired) electrons. The molecule has 1 fully saturated rings. The minimum atomic E-state index is -1.05. The Morgan fingerprint density at radius 1 is 1.25 bits per heavy atom. The number of rotatable bonds is 2. The molecule has 1 N–H and O–H groups in total. The van der Waals surface area contributed by atoms with Crippen LogP contribution in [-0.2, 0) is 0 Å². The van der Waals surface area contributed by atoms with Gasteiger partial charge in [0.15, 0.2) is 11.3 Å². The molecule has 1 saturated heterocycles. The van der Waals surface area contributed by atoms with Crippen LogP contribution in [0.2, 0.25) is 5.02 Å². The Labute approximate surface area is 121 Å². The molecule has 3 heterocycles. The smallest absolute Gasteiger partial charge is 0.354 e. The molecule has 0 saturated carbocycles. The van der Waals surface area contributed by atoms with Crippen molar-refractivity contribution in [3.63, 3.8) is 0 Å². The third-order valence-corrected chi connectivity index (χ3v) is 3.83. The molecule has 3 rings (SSSR count). The Kier molecular flexibility index (Phi) is 3.48. The van der Waals surface area contributed by atoms with Crippen molar-refractivity contribution in [3.05, 3.63) is 23.0 Å². The van der Waals surface area contributed by atoms with E-state index in [4.69, 9.17) is 11.6 Å². The van der Waals surface area contributed by atoms with E-state index >= 15 is 0 Å².